The monoisotopic (exact) mass is 231 g/mol. The molecule has 0 aromatic rings. The maximum Gasteiger partial charge on any atom is 0.210 e. The van der Waals surface area contributed by atoms with Crippen LogP contribution in [0.5, 0.6) is 0 Å². The molecule has 0 radical (unpaired) electrons. The van der Waals surface area contributed by atoms with Crippen LogP contribution in [0, 0.1) is 0 Å². The summed E-state index contributed by atoms with van der Waals surface area (Å²) in [6.45, 7) is 6.04. The molecule has 0 bridgehead atoms. The van der Waals surface area contributed by atoms with E-state index in [-0.39, 0.29) is 0 Å². The van der Waals surface area contributed by atoms with Crippen LogP contribution in [0.2, 0.25) is 0 Å². The fourth-order valence-corrected chi connectivity index (χ4v) is 2.80. The minimum Gasteiger partial charge on any atom is -0.340 e. The Balaban J connectivity index is 2.20. The maximum absolute atomic E-state index is 10.7. The van der Waals surface area contributed by atoms with E-state index in [1.807, 2.05) is 16.8 Å². The maximum atomic E-state index is 10.7. The van der Waals surface area contributed by atoms with Gasteiger partial charge < -0.3 is 9.80 Å². The van der Waals surface area contributed by atoms with Gasteiger partial charge in [-0.05, 0) is 21.0 Å². The van der Waals surface area contributed by atoms with E-state index in [0.717, 1.165) is 38.3 Å². The SMILES string of the molecule is C[C@H]1CN(SCCN(C)C)CCN1C=O. The van der Waals surface area contributed by atoms with E-state index in [9.17, 15) is 4.79 Å². The summed E-state index contributed by atoms with van der Waals surface area (Å²) < 4.78 is 2.37. The van der Waals surface area contributed by atoms with Gasteiger partial charge in [0.2, 0.25) is 6.41 Å². The predicted octanol–water partition coefficient (Wildman–Crippen LogP) is 0.359. The number of hydrogen-bond acceptors (Lipinski definition) is 4. The lowest BCUT2D eigenvalue weighted by Crippen LogP contribution is -2.48. The summed E-state index contributed by atoms with van der Waals surface area (Å²) in [5.74, 6) is 1.13. The molecule has 0 N–H and O–H groups in total. The van der Waals surface area contributed by atoms with Crippen molar-refractivity contribution in [3.05, 3.63) is 0 Å². The van der Waals surface area contributed by atoms with Gasteiger partial charge >= 0.3 is 0 Å². The Bertz CT molecular complexity index is 201. The van der Waals surface area contributed by atoms with Gasteiger partial charge in [-0.25, -0.2) is 4.31 Å². The largest absolute Gasteiger partial charge is 0.340 e. The van der Waals surface area contributed by atoms with Crippen LogP contribution >= 0.6 is 11.9 Å². The molecule has 1 heterocycles. The molecule has 1 aliphatic heterocycles. The standard InChI is InChI=1S/C10H21N3OS/c1-10-8-13(5-4-12(10)9-14)15-7-6-11(2)3/h9-10H,4-8H2,1-3H3/t10-/m0/s1. The first-order valence-electron chi connectivity index (χ1n) is 5.37. The highest BCUT2D eigenvalue weighted by Gasteiger charge is 2.22. The number of piperazine rings is 1. The summed E-state index contributed by atoms with van der Waals surface area (Å²) in [6, 6.07) is 0.350. The lowest BCUT2D eigenvalue weighted by atomic mass is 10.2. The Hall–Kier alpha value is -0.260. The molecule has 1 atom stereocenters. The Morgan fingerprint density at radius 3 is 2.73 bits per heavy atom. The van der Waals surface area contributed by atoms with Gasteiger partial charge in [0.25, 0.3) is 0 Å². The molecule has 1 aliphatic rings. The average molecular weight is 231 g/mol. The van der Waals surface area contributed by atoms with Gasteiger partial charge in [0.05, 0.1) is 0 Å². The third-order valence-corrected chi connectivity index (χ3v) is 3.65. The van der Waals surface area contributed by atoms with E-state index in [2.05, 4.69) is 30.2 Å². The van der Waals surface area contributed by atoms with Gasteiger partial charge in [-0.3, -0.25) is 4.79 Å². The van der Waals surface area contributed by atoms with Crippen molar-refractivity contribution in [3.8, 4) is 0 Å². The second kappa shape index (κ2) is 6.35. The molecule has 1 rings (SSSR count). The summed E-state index contributed by atoms with van der Waals surface area (Å²) >= 11 is 1.89. The first-order chi connectivity index (χ1) is 7.13. The van der Waals surface area contributed by atoms with Crippen LogP contribution in [0.1, 0.15) is 6.92 Å². The molecule has 1 saturated heterocycles. The molecule has 0 saturated carbocycles. The second-order valence-electron chi connectivity index (χ2n) is 4.22. The van der Waals surface area contributed by atoms with E-state index in [0.29, 0.717) is 6.04 Å². The first kappa shape index (κ1) is 12.8. The van der Waals surface area contributed by atoms with Crippen LogP contribution in [0.25, 0.3) is 0 Å². The van der Waals surface area contributed by atoms with Gasteiger partial charge in [0.15, 0.2) is 0 Å². The third-order valence-electron chi connectivity index (χ3n) is 2.59. The summed E-state index contributed by atoms with van der Waals surface area (Å²) in [5, 5.41) is 0. The van der Waals surface area contributed by atoms with Gasteiger partial charge in [-0.2, -0.15) is 0 Å². The molecule has 0 spiro atoms. The zero-order chi connectivity index (χ0) is 11.3. The van der Waals surface area contributed by atoms with E-state index in [4.69, 9.17) is 0 Å². The summed E-state index contributed by atoms with van der Waals surface area (Å²) in [4.78, 5) is 14.7. The lowest BCUT2D eigenvalue weighted by Gasteiger charge is -2.37. The Morgan fingerprint density at radius 2 is 2.20 bits per heavy atom. The highest BCUT2D eigenvalue weighted by atomic mass is 32.2. The summed E-state index contributed by atoms with van der Waals surface area (Å²) in [7, 11) is 4.18. The smallest absolute Gasteiger partial charge is 0.210 e. The highest BCUT2D eigenvalue weighted by Crippen LogP contribution is 2.16. The minimum atomic E-state index is 0.350. The van der Waals surface area contributed by atoms with Gasteiger partial charge in [-0.1, -0.05) is 11.9 Å². The summed E-state index contributed by atoms with van der Waals surface area (Å²) in [6.07, 6.45) is 0.965. The van der Waals surface area contributed by atoms with Crippen molar-refractivity contribution in [3.63, 3.8) is 0 Å². The molecular formula is C10H21N3OS. The van der Waals surface area contributed by atoms with Crippen LogP contribution in [-0.2, 0) is 4.79 Å². The number of amides is 1. The van der Waals surface area contributed by atoms with E-state index in [1.54, 1.807) is 0 Å². The van der Waals surface area contributed by atoms with Crippen molar-refractivity contribution in [2.45, 2.75) is 13.0 Å². The van der Waals surface area contributed by atoms with Crippen LogP contribution in [0.15, 0.2) is 0 Å². The second-order valence-corrected chi connectivity index (χ2v) is 5.40. The number of carbonyl (C=O) groups excluding carboxylic acids is 1. The molecule has 5 heteroatoms. The van der Waals surface area contributed by atoms with E-state index >= 15 is 0 Å². The minimum absolute atomic E-state index is 0.350. The van der Waals surface area contributed by atoms with Crippen molar-refractivity contribution >= 4 is 18.4 Å². The molecule has 4 nitrogen and oxygen atoms in total. The van der Waals surface area contributed by atoms with Gasteiger partial charge in [-0.15, -0.1) is 0 Å². The van der Waals surface area contributed by atoms with Crippen molar-refractivity contribution in [2.75, 3.05) is 46.0 Å². The van der Waals surface area contributed by atoms with E-state index < -0.39 is 0 Å². The van der Waals surface area contributed by atoms with Crippen molar-refractivity contribution < 1.29 is 4.79 Å². The molecule has 1 amide bonds. The fourth-order valence-electron chi connectivity index (χ4n) is 1.56. The number of nitrogens with zero attached hydrogens (tertiary/aromatic N) is 3. The molecule has 0 aromatic carbocycles. The quantitative estimate of drug-likeness (QED) is 0.504. The third kappa shape index (κ3) is 4.40. The average Bonchev–Trinajstić information content (AvgIpc) is 2.17. The molecular weight excluding hydrogens is 210 g/mol. The molecule has 0 aromatic heterocycles. The summed E-state index contributed by atoms with van der Waals surface area (Å²) in [5.41, 5.74) is 0. The zero-order valence-electron chi connectivity index (χ0n) is 9.85. The van der Waals surface area contributed by atoms with Crippen LogP contribution < -0.4 is 0 Å². The van der Waals surface area contributed by atoms with Crippen molar-refractivity contribution in [1.29, 1.82) is 0 Å². The number of hydrogen-bond donors (Lipinski definition) is 0. The van der Waals surface area contributed by atoms with E-state index in [1.165, 1.54) is 0 Å². The fraction of sp³-hybridized carbons (Fsp3) is 0.900. The Kier molecular flexibility index (Phi) is 5.42. The molecule has 1 fully saturated rings. The van der Waals surface area contributed by atoms with Gasteiger partial charge in [0, 0.05) is 38.0 Å². The normalized spacial score (nSPS) is 23.5. The predicted molar refractivity (Wildman–Crippen MR) is 64.8 cm³/mol. The molecule has 15 heavy (non-hydrogen) atoms. The zero-order valence-corrected chi connectivity index (χ0v) is 10.7. The van der Waals surface area contributed by atoms with Gasteiger partial charge in [0.1, 0.15) is 0 Å². The van der Waals surface area contributed by atoms with Crippen molar-refractivity contribution in [1.82, 2.24) is 14.1 Å². The number of rotatable bonds is 5. The first-order valence-corrected chi connectivity index (χ1v) is 6.31. The highest BCUT2D eigenvalue weighted by molar-refractivity contribution is 7.97. The topological polar surface area (TPSA) is 26.8 Å². The Labute approximate surface area is 96.7 Å². The van der Waals surface area contributed by atoms with Crippen LogP contribution in [0.3, 0.4) is 0 Å². The lowest BCUT2D eigenvalue weighted by molar-refractivity contribution is -0.121. The van der Waals surface area contributed by atoms with Crippen LogP contribution in [0.4, 0.5) is 0 Å². The molecule has 0 aliphatic carbocycles. The molecule has 88 valence electrons. The number of carbonyl (C=O) groups is 1. The molecule has 0 unspecified atom stereocenters. The Morgan fingerprint density at radius 1 is 1.47 bits per heavy atom. The van der Waals surface area contributed by atoms with Crippen molar-refractivity contribution in [2.24, 2.45) is 0 Å². The van der Waals surface area contributed by atoms with Crippen LogP contribution in [-0.4, -0.2) is 72.6 Å².